The Morgan fingerprint density at radius 3 is 2.12 bits per heavy atom. The van der Waals surface area contributed by atoms with Crippen LogP contribution in [0, 0.1) is 0 Å². The Hall–Kier alpha value is -5.19. The first-order valence-electron chi connectivity index (χ1n) is 13.3. The number of nitrogens with one attached hydrogen (secondary N) is 4. The van der Waals surface area contributed by atoms with Crippen LogP contribution >= 0.6 is 0 Å². The maximum Gasteiger partial charge on any atom is 0.326 e. The second-order valence-corrected chi connectivity index (χ2v) is 9.74. The van der Waals surface area contributed by atoms with E-state index in [4.69, 9.17) is 28.0 Å². The standard InChI is InChI=1S/C26H37N9O8/c27-15(11-21(37)38)22(39)33-17(6-3-9-31-26(29)30)23(40)35-19(10-13-12-32-16-5-2-1-4-14(13)16)24(41)34-18(25(42)43)7-8-20(28)36/h1-2,4-5,12,15,17-19,32H,3,6-11,27H2,(H2,28,36)(H,33,39)(H,34,41)(H,35,40)(H,37,38)(H,42,43)(H4,29,30,31). The van der Waals surface area contributed by atoms with Gasteiger partial charge in [0, 0.05) is 36.5 Å². The Bertz CT molecular complexity index is 1360. The lowest BCUT2D eigenvalue weighted by atomic mass is 10.0. The van der Waals surface area contributed by atoms with Crippen LogP contribution in [0.5, 0.6) is 0 Å². The van der Waals surface area contributed by atoms with E-state index in [2.05, 4.69) is 25.9 Å². The summed E-state index contributed by atoms with van der Waals surface area (Å²) in [5, 5.41) is 26.6. The van der Waals surface area contributed by atoms with Gasteiger partial charge in [0.2, 0.25) is 23.6 Å². The first-order valence-corrected chi connectivity index (χ1v) is 13.3. The minimum Gasteiger partial charge on any atom is -0.481 e. The smallest absolute Gasteiger partial charge is 0.326 e. The Morgan fingerprint density at radius 2 is 1.49 bits per heavy atom. The van der Waals surface area contributed by atoms with E-state index in [-0.39, 0.29) is 44.6 Å². The molecule has 43 heavy (non-hydrogen) atoms. The van der Waals surface area contributed by atoms with E-state index in [0.717, 1.165) is 10.9 Å². The molecule has 0 saturated carbocycles. The van der Waals surface area contributed by atoms with Crippen LogP contribution < -0.4 is 38.9 Å². The lowest BCUT2D eigenvalue weighted by Crippen LogP contribution is -2.57. The first-order chi connectivity index (χ1) is 20.3. The molecule has 1 aromatic carbocycles. The summed E-state index contributed by atoms with van der Waals surface area (Å²) in [4.78, 5) is 80.3. The summed E-state index contributed by atoms with van der Waals surface area (Å²) < 4.78 is 0. The number of carboxylic acids is 2. The predicted octanol–water partition coefficient (Wildman–Crippen LogP) is -2.63. The summed E-state index contributed by atoms with van der Waals surface area (Å²) in [6.07, 6.45) is 0.451. The number of nitrogens with two attached hydrogens (primary N) is 4. The number of aromatic amines is 1. The van der Waals surface area contributed by atoms with Crippen LogP contribution in [0.1, 0.15) is 37.7 Å². The molecule has 2 aromatic rings. The largest absolute Gasteiger partial charge is 0.481 e. The first kappa shape index (κ1) is 34.0. The third-order valence-electron chi connectivity index (χ3n) is 6.34. The van der Waals surface area contributed by atoms with Crippen LogP contribution in [0.15, 0.2) is 35.5 Å². The van der Waals surface area contributed by atoms with Crippen LogP contribution in [0.3, 0.4) is 0 Å². The summed E-state index contributed by atoms with van der Waals surface area (Å²) in [6.45, 7) is 0.0998. The van der Waals surface area contributed by atoms with Gasteiger partial charge in [-0.1, -0.05) is 18.2 Å². The Kier molecular flexibility index (Phi) is 12.9. The second kappa shape index (κ2) is 16.3. The summed E-state index contributed by atoms with van der Waals surface area (Å²) in [5.74, 6) is -6.30. The topological polar surface area (TPSA) is 311 Å². The number of hydrogen-bond acceptors (Lipinski definition) is 8. The van der Waals surface area contributed by atoms with Crippen LogP contribution in [-0.4, -0.2) is 87.4 Å². The fourth-order valence-corrected chi connectivity index (χ4v) is 4.15. The molecule has 234 valence electrons. The van der Waals surface area contributed by atoms with Gasteiger partial charge >= 0.3 is 11.9 Å². The highest BCUT2D eigenvalue weighted by molar-refractivity contribution is 5.95. The van der Waals surface area contributed by atoms with E-state index in [9.17, 15) is 33.9 Å². The molecule has 0 bridgehead atoms. The van der Waals surface area contributed by atoms with E-state index in [1.54, 1.807) is 30.5 Å². The molecule has 1 aromatic heterocycles. The number of hydrogen-bond donors (Lipinski definition) is 10. The van der Waals surface area contributed by atoms with Crippen molar-refractivity contribution < 1.29 is 39.0 Å². The third-order valence-corrected chi connectivity index (χ3v) is 6.34. The van der Waals surface area contributed by atoms with Crippen molar-refractivity contribution in [3.63, 3.8) is 0 Å². The van der Waals surface area contributed by atoms with Crippen LogP contribution in [0.25, 0.3) is 10.9 Å². The lowest BCUT2D eigenvalue weighted by molar-refractivity contribution is -0.142. The van der Waals surface area contributed by atoms with Crippen molar-refractivity contribution in [1.29, 1.82) is 0 Å². The van der Waals surface area contributed by atoms with Crippen LogP contribution in [-0.2, 0) is 35.2 Å². The molecule has 2 rings (SSSR count). The molecule has 0 saturated heterocycles. The van der Waals surface area contributed by atoms with Gasteiger partial charge in [-0.2, -0.15) is 0 Å². The SMILES string of the molecule is NC(=O)CCC(NC(=O)C(Cc1c[nH]c2ccccc12)NC(=O)C(CCCN=C(N)N)NC(=O)C(N)CC(=O)O)C(=O)O. The van der Waals surface area contributed by atoms with Crippen molar-refractivity contribution >= 4 is 52.4 Å². The number of fused-ring (bicyclic) bond motifs is 1. The van der Waals surface area contributed by atoms with Crippen LogP contribution in [0.4, 0.5) is 0 Å². The van der Waals surface area contributed by atoms with E-state index in [1.165, 1.54) is 0 Å². The molecule has 0 radical (unpaired) electrons. The number of primary amides is 1. The highest BCUT2D eigenvalue weighted by Crippen LogP contribution is 2.19. The van der Waals surface area contributed by atoms with Gasteiger partial charge in [-0.15, -0.1) is 0 Å². The lowest BCUT2D eigenvalue weighted by Gasteiger charge is -2.25. The molecule has 17 nitrogen and oxygen atoms in total. The maximum atomic E-state index is 13.5. The summed E-state index contributed by atoms with van der Waals surface area (Å²) in [5.41, 5.74) is 22.8. The summed E-state index contributed by atoms with van der Waals surface area (Å²) in [6, 6.07) is 1.61. The quantitative estimate of drug-likeness (QED) is 0.0477. The predicted molar refractivity (Wildman–Crippen MR) is 154 cm³/mol. The van der Waals surface area contributed by atoms with Gasteiger partial charge in [-0.05, 0) is 30.9 Å². The molecule has 0 aliphatic rings. The Morgan fingerprint density at radius 1 is 0.860 bits per heavy atom. The number of rotatable bonds is 18. The molecule has 4 amide bonds. The van der Waals surface area contributed by atoms with Gasteiger partial charge in [0.05, 0.1) is 12.5 Å². The monoisotopic (exact) mass is 603 g/mol. The molecule has 14 N–H and O–H groups in total. The number of guanidine groups is 1. The highest BCUT2D eigenvalue weighted by Gasteiger charge is 2.31. The number of aliphatic carboxylic acids is 2. The van der Waals surface area contributed by atoms with Gasteiger partial charge in [-0.3, -0.25) is 29.0 Å². The molecule has 0 aliphatic carbocycles. The number of para-hydroxylation sites is 1. The van der Waals surface area contributed by atoms with Gasteiger partial charge in [0.15, 0.2) is 5.96 Å². The summed E-state index contributed by atoms with van der Waals surface area (Å²) >= 11 is 0. The number of carboxylic acid groups (broad SMARTS) is 2. The average Bonchev–Trinajstić information content (AvgIpc) is 3.33. The van der Waals surface area contributed by atoms with Gasteiger partial charge < -0.3 is 54.1 Å². The minimum absolute atomic E-state index is 0.0219. The number of carbonyl (C=O) groups is 6. The number of amides is 4. The molecule has 0 spiro atoms. The average molecular weight is 604 g/mol. The minimum atomic E-state index is -1.48. The third kappa shape index (κ3) is 11.3. The fourth-order valence-electron chi connectivity index (χ4n) is 4.15. The van der Waals surface area contributed by atoms with Crippen molar-refractivity contribution in [2.45, 2.75) is 62.7 Å². The number of aliphatic imine (C=N–C) groups is 1. The van der Waals surface area contributed by atoms with E-state index in [0.29, 0.717) is 5.56 Å². The molecular formula is C26H37N9O8. The van der Waals surface area contributed by atoms with Gasteiger partial charge in [0.25, 0.3) is 0 Å². The zero-order chi connectivity index (χ0) is 32.1. The normalized spacial score (nSPS) is 13.6. The highest BCUT2D eigenvalue weighted by atomic mass is 16.4. The van der Waals surface area contributed by atoms with Crippen molar-refractivity contribution in [2.24, 2.45) is 27.9 Å². The van der Waals surface area contributed by atoms with E-state index < -0.39 is 66.2 Å². The number of H-pyrrole nitrogens is 1. The summed E-state index contributed by atoms with van der Waals surface area (Å²) in [7, 11) is 0. The number of aromatic nitrogens is 1. The Labute approximate surface area is 245 Å². The molecule has 4 unspecified atom stereocenters. The maximum absolute atomic E-state index is 13.5. The number of carbonyl (C=O) groups excluding carboxylic acids is 4. The van der Waals surface area contributed by atoms with E-state index >= 15 is 0 Å². The van der Waals surface area contributed by atoms with Crippen molar-refractivity contribution in [3.8, 4) is 0 Å². The molecule has 4 atom stereocenters. The zero-order valence-corrected chi connectivity index (χ0v) is 23.2. The number of nitrogens with zero attached hydrogens (tertiary/aromatic N) is 1. The zero-order valence-electron chi connectivity index (χ0n) is 23.2. The fraction of sp³-hybridized carbons (Fsp3) is 0.423. The molecule has 0 fully saturated rings. The van der Waals surface area contributed by atoms with Crippen molar-refractivity contribution in [3.05, 3.63) is 36.0 Å². The Balaban J connectivity index is 2.34. The molecule has 17 heteroatoms. The van der Waals surface area contributed by atoms with Gasteiger partial charge in [-0.25, -0.2) is 4.79 Å². The van der Waals surface area contributed by atoms with Gasteiger partial charge in [0.1, 0.15) is 18.1 Å². The van der Waals surface area contributed by atoms with Crippen molar-refractivity contribution in [2.75, 3.05) is 6.54 Å². The number of benzene rings is 1. The second-order valence-electron chi connectivity index (χ2n) is 9.74. The van der Waals surface area contributed by atoms with Crippen molar-refractivity contribution in [1.82, 2.24) is 20.9 Å². The molecule has 1 heterocycles. The van der Waals surface area contributed by atoms with E-state index in [1.807, 2.05) is 0 Å². The molecule has 0 aliphatic heterocycles. The molecular weight excluding hydrogens is 566 g/mol. The van der Waals surface area contributed by atoms with Crippen LogP contribution in [0.2, 0.25) is 0 Å².